The zero-order valence-corrected chi connectivity index (χ0v) is 17.9. The zero-order valence-electron chi connectivity index (χ0n) is 13.1. The van der Waals surface area contributed by atoms with Crippen LogP contribution in [0.1, 0.15) is 41.5 Å². The van der Waals surface area contributed by atoms with Crippen molar-refractivity contribution in [2.75, 3.05) is 0 Å². The van der Waals surface area contributed by atoms with E-state index in [9.17, 15) is 0 Å². The molecule has 0 aliphatic carbocycles. The molecule has 19 heavy (non-hydrogen) atoms. The summed E-state index contributed by atoms with van der Waals surface area (Å²) in [5.74, 6) is 0. The van der Waals surface area contributed by atoms with Gasteiger partial charge >= 0.3 is 59.1 Å². The standard InChI is InChI=1S/2C4H10O2.CH2O.2Na.H2O2S/c2*1-4(2,3)6-5;1-2;;;1-3-2/h2*5H,1-3H3;1H2;;;1-2H/q;;;2*+1;/p-2. The Morgan fingerprint density at radius 1 is 0.842 bits per heavy atom. The molecule has 0 rings (SSSR count). The first-order chi connectivity index (χ1) is 7.54. The molecular formula is C9H22Na2O7S. The molecule has 0 saturated heterocycles. The minimum absolute atomic E-state index is 0. The van der Waals surface area contributed by atoms with Crippen molar-refractivity contribution in [1.82, 2.24) is 0 Å². The summed E-state index contributed by atoms with van der Waals surface area (Å²) < 4.78 is 16.6. The van der Waals surface area contributed by atoms with Crippen molar-refractivity contribution >= 4 is 19.1 Å². The summed E-state index contributed by atoms with van der Waals surface area (Å²) in [5.41, 5.74) is -0.806. The summed E-state index contributed by atoms with van der Waals surface area (Å²) in [4.78, 5) is 15.9. The smallest absolute Gasteiger partial charge is 0.811 e. The van der Waals surface area contributed by atoms with Gasteiger partial charge in [-0.05, 0) is 41.5 Å². The van der Waals surface area contributed by atoms with Gasteiger partial charge in [0.15, 0.2) is 0 Å². The molecule has 0 aromatic heterocycles. The van der Waals surface area contributed by atoms with E-state index in [1.807, 2.05) is 6.79 Å². The summed E-state index contributed by atoms with van der Waals surface area (Å²) in [7, 11) is 0. The first-order valence-corrected chi connectivity index (χ1v) is 5.06. The van der Waals surface area contributed by atoms with Crippen LogP contribution >= 0.6 is 12.3 Å². The van der Waals surface area contributed by atoms with Gasteiger partial charge in [-0.1, -0.05) is 0 Å². The monoisotopic (exact) mass is 320 g/mol. The Labute approximate surface area is 163 Å². The molecule has 108 valence electrons. The largest absolute Gasteiger partial charge is 1.00 e. The molecule has 0 aliphatic heterocycles. The van der Waals surface area contributed by atoms with Gasteiger partial charge in [-0.25, -0.2) is 9.78 Å². The number of hydrogen-bond acceptors (Lipinski definition) is 8. The third-order valence-electron chi connectivity index (χ3n) is 0.548. The number of carbonyl (C=O) groups is 1. The van der Waals surface area contributed by atoms with Crippen LogP contribution in [-0.2, 0) is 14.6 Å². The van der Waals surface area contributed by atoms with Gasteiger partial charge in [0, 0.05) is 0 Å². The van der Waals surface area contributed by atoms with Gasteiger partial charge < -0.3 is 26.2 Å². The van der Waals surface area contributed by atoms with Crippen LogP contribution in [0.15, 0.2) is 0 Å². The molecule has 0 aromatic carbocycles. The van der Waals surface area contributed by atoms with E-state index in [2.05, 4.69) is 9.78 Å². The van der Waals surface area contributed by atoms with Crippen molar-refractivity contribution < 1.29 is 93.3 Å². The van der Waals surface area contributed by atoms with Gasteiger partial charge in [0.25, 0.3) is 0 Å². The van der Waals surface area contributed by atoms with Crippen molar-refractivity contribution in [3.63, 3.8) is 0 Å². The van der Waals surface area contributed by atoms with E-state index in [-0.39, 0.29) is 59.1 Å². The van der Waals surface area contributed by atoms with Crippen LogP contribution in [0.3, 0.4) is 0 Å². The van der Waals surface area contributed by atoms with Crippen LogP contribution < -0.4 is 59.1 Å². The zero-order chi connectivity index (χ0) is 15.1. The first-order valence-electron chi connectivity index (χ1n) is 4.40. The Balaban J connectivity index is -0.0000000310. The van der Waals surface area contributed by atoms with Gasteiger partial charge in [0.05, 0.1) is 11.2 Å². The van der Waals surface area contributed by atoms with Gasteiger partial charge in [-0.2, -0.15) is 0 Å². The quantitative estimate of drug-likeness (QED) is 0.203. The van der Waals surface area contributed by atoms with E-state index >= 15 is 0 Å². The third-order valence-corrected chi connectivity index (χ3v) is 0.548. The van der Waals surface area contributed by atoms with E-state index in [0.717, 1.165) is 0 Å². The van der Waals surface area contributed by atoms with Crippen molar-refractivity contribution in [1.29, 1.82) is 0 Å². The van der Waals surface area contributed by atoms with Crippen LogP contribution in [0.2, 0.25) is 0 Å². The Morgan fingerprint density at radius 3 is 0.895 bits per heavy atom. The predicted molar refractivity (Wildman–Crippen MR) is 63.2 cm³/mol. The maximum absolute atomic E-state index is 8.29. The Morgan fingerprint density at radius 2 is 0.895 bits per heavy atom. The minimum atomic E-state index is -0.750. The SMILES string of the molecule is C=O.CC(C)(C)OO.CC(C)(C)OO.[Na+].[Na+].[O-]S[O-]. The maximum atomic E-state index is 8.29. The van der Waals surface area contributed by atoms with Crippen molar-refractivity contribution in [2.45, 2.75) is 52.7 Å². The van der Waals surface area contributed by atoms with Crippen molar-refractivity contribution in [3.05, 3.63) is 0 Å². The molecule has 0 aromatic rings. The fourth-order valence-electron chi connectivity index (χ4n) is 0. The summed E-state index contributed by atoms with van der Waals surface area (Å²) in [6.45, 7) is 12.6. The predicted octanol–water partition coefficient (Wildman–Crippen LogP) is -3.65. The summed E-state index contributed by atoms with van der Waals surface area (Å²) in [6, 6.07) is 0. The fraction of sp³-hybridized carbons (Fsp3) is 0.889. The second-order valence-corrected chi connectivity index (χ2v) is 4.61. The molecular weight excluding hydrogens is 298 g/mol. The summed E-state index contributed by atoms with van der Waals surface area (Å²) in [5, 5.41) is 15.8. The molecule has 0 saturated carbocycles. The average Bonchev–Trinajstić information content (AvgIpc) is 2.21. The molecule has 0 aliphatic rings. The average molecular weight is 320 g/mol. The van der Waals surface area contributed by atoms with Crippen molar-refractivity contribution in [3.8, 4) is 0 Å². The molecule has 0 atom stereocenters. The van der Waals surface area contributed by atoms with E-state index in [4.69, 9.17) is 24.4 Å². The maximum Gasteiger partial charge on any atom is 1.00 e. The Bertz CT molecular complexity index is 126. The molecule has 2 N–H and O–H groups in total. The molecule has 0 spiro atoms. The fourth-order valence-corrected chi connectivity index (χ4v) is 0. The minimum Gasteiger partial charge on any atom is -0.811 e. The first kappa shape index (κ1) is 37.2. The van der Waals surface area contributed by atoms with Gasteiger partial charge in [0.2, 0.25) is 0 Å². The third kappa shape index (κ3) is 103. The van der Waals surface area contributed by atoms with E-state index in [1.165, 1.54) is 0 Å². The molecule has 10 heteroatoms. The van der Waals surface area contributed by atoms with Crippen LogP contribution in [-0.4, -0.2) is 37.6 Å². The van der Waals surface area contributed by atoms with Crippen LogP contribution in [0.4, 0.5) is 0 Å². The van der Waals surface area contributed by atoms with Crippen LogP contribution in [0, 0.1) is 0 Å². The topological polar surface area (TPSA) is 122 Å². The van der Waals surface area contributed by atoms with E-state index in [1.54, 1.807) is 41.5 Å². The van der Waals surface area contributed by atoms with E-state index < -0.39 is 23.5 Å². The van der Waals surface area contributed by atoms with Crippen molar-refractivity contribution in [2.24, 2.45) is 0 Å². The van der Waals surface area contributed by atoms with Crippen LogP contribution in [0.5, 0.6) is 0 Å². The number of rotatable bonds is 0. The van der Waals surface area contributed by atoms with Gasteiger partial charge in [0.1, 0.15) is 6.79 Å². The molecule has 0 unspecified atom stereocenters. The Hall–Kier alpha value is 1.78. The van der Waals surface area contributed by atoms with Crippen LogP contribution in [0.25, 0.3) is 0 Å². The second kappa shape index (κ2) is 24.8. The molecule has 0 bridgehead atoms. The molecule has 0 heterocycles. The van der Waals surface area contributed by atoms with Gasteiger partial charge in [-0.3, -0.25) is 10.5 Å². The number of carbonyl (C=O) groups excluding carboxylic acids is 1. The summed E-state index contributed by atoms with van der Waals surface area (Å²) in [6.07, 6.45) is 0. The summed E-state index contributed by atoms with van der Waals surface area (Å²) >= 11 is -0.750. The molecule has 0 amide bonds. The molecule has 7 nitrogen and oxygen atoms in total. The molecule has 0 fully saturated rings. The molecule has 0 radical (unpaired) electrons. The Kier molecular flexibility index (Phi) is 48.5. The number of hydrogen-bond donors (Lipinski definition) is 2. The normalized spacial score (nSPS) is 8.74. The second-order valence-electron chi connectivity index (χ2n) is 4.48. The van der Waals surface area contributed by atoms with Gasteiger partial charge in [-0.15, -0.1) is 0 Å². The van der Waals surface area contributed by atoms with E-state index in [0.29, 0.717) is 0 Å².